The molecule has 0 spiro atoms. The maximum Gasteiger partial charge on any atom is 0.169 e. The number of benzene rings is 4. The van der Waals surface area contributed by atoms with Gasteiger partial charge in [0, 0.05) is 54.2 Å². The maximum atomic E-state index is 13.4. The highest BCUT2D eigenvalue weighted by Gasteiger charge is 2.40. The molecule has 42 heavy (non-hydrogen) atoms. The molecule has 2 aliphatic rings. The molecule has 6 rings (SSSR count). The average molecular weight is 575 g/mol. The summed E-state index contributed by atoms with van der Waals surface area (Å²) in [5.41, 5.74) is -1.78. The Balaban J connectivity index is 1.88. The van der Waals surface area contributed by atoms with Crippen LogP contribution in [0, 0.1) is 0 Å². The first-order valence-corrected chi connectivity index (χ1v) is 13.4. The molecule has 4 aromatic rings. The second-order valence-electron chi connectivity index (χ2n) is 11.8. The monoisotopic (exact) mass is 574 g/mol. The summed E-state index contributed by atoms with van der Waals surface area (Å²) in [4.78, 5) is 26.4. The van der Waals surface area contributed by atoms with E-state index < -0.39 is 34.3 Å². The number of carbonyl (C=O) groups is 2. The van der Waals surface area contributed by atoms with Gasteiger partial charge in [-0.05, 0) is 42.7 Å². The van der Waals surface area contributed by atoms with Gasteiger partial charge >= 0.3 is 0 Å². The Bertz CT molecular complexity index is 1880. The first-order valence-electron chi connectivity index (χ1n) is 13.4. The lowest BCUT2D eigenvalue weighted by Gasteiger charge is -2.33. The fourth-order valence-corrected chi connectivity index (χ4v) is 6.72. The van der Waals surface area contributed by atoms with Crippen molar-refractivity contribution >= 4 is 33.1 Å². The summed E-state index contributed by atoms with van der Waals surface area (Å²) < 4.78 is 11.1. The fraction of sp³-hybridized carbons (Fsp3) is 0.312. The molecule has 0 aromatic heterocycles. The molecule has 0 saturated carbocycles. The normalized spacial score (nSPS) is 21.9. The van der Waals surface area contributed by atoms with E-state index in [-0.39, 0.29) is 98.0 Å². The van der Waals surface area contributed by atoms with E-state index in [0.717, 1.165) is 0 Å². The smallest absolute Gasteiger partial charge is 0.169 e. The van der Waals surface area contributed by atoms with Gasteiger partial charge in [0.15, 0.2) is 11.6 Å². The van der Waals surface area contributed by atoms with Crippen LogP contribution in [-0.4, -0.2) is 67.6 Å². The largest absolute Gasteiger partial charge is 0.507 e. The third-order valence-electron chi connectivity index (χ3n) is 8.33. The average Bonchev–Trinajstić information content (AvgIpc) is 2.86. The highest BCUT2D eigenvalue weighted by Crippen LogP contribution is 2.55. The van der Waals surface area contributed by atoms with Crippen molar-refractivity contribution in [3.63, 3.8) is 0 Å². The summed E-state index contributed by atoms with van der Waals surface area (Å²) in [6.45, 7) is 3.02. The van der Waals surface area contributed by atoms with E-state index in [0.29, 0.717) is 5.56 Å². The fourth-order valence-electron chi connectivity index (χ4n) is 6.72. The van der Waals surface area contributed by atoms with Gasteiger partial charge in [0.1, 0.15) is 34.5 Å². The number of Topliss-reactive ketones (excluding diaryl/α,β-unsaturated/α-hetero) is 2. The molecule has 0 radical (unpaired) electrons. The van der Waals surface area contributed by atoms with Gasteiger partial charge in [-0.25, -0.2) is 0 Å². The first kappa shape index (κ1) is 27.6. The Labute approximate surface area is 240 Å². The van der Waals surface area contributed by atoms with Crippen LogP contribution in [0.3, 0.4) is 0 Å². The predicted octanol–water partition coefficient (Wildman–Crippen LogP) is 4.26. The molecule has 10 heteroatoms. The Morgan fingerprint density at radius 3 is 1.81 bits per heavy atom. The number of aromatic hydroxyl groups is 4. The highest BCUT2D eigenvalue weighted by molar-refractivity contribution is 6.20. The molecule has 6 N–H and O–H groups in total. The lowest BCUT2D eigenvalue weighted by atomic mass is 9.74. The molecular weight excluding hydrogens is 544 g/mol. The van der Waals surface area contributed by atoms with Crippen molar-refractivity contribution in [3.8, 4) is 45.6 Å². The van der Waals surface area contributed by atoms with Crippen LogP contribution in [-0.2, 0) is 12.8 Å². The molecule has 0 fully saturated rings. The van der Waals surface area contributed by atoms with Gasteiger partial charge in [-0.3, -0.25) is 9.59 Å². The summed E-state index contributed by atoms with van der Waals surface area (Å²) in [5.74, 6) is -2.34. The van der Waals surface area contributed by atoms with Crippen LogP contribution >= 0.6 is 0 Å². The Morgan fingerprint density at radius 2 is 1.19 bits per heavy atom. The van der Waals surface area contributed by atoms with Gasteiger partial charge in [-0.15, -0.1) is 0 Å². The molecule has 10 nitrogen and oxygen atoms in total. The molecule has 0 bridgehead atoms. The minimum Gasteiger partial charge on any atom is -0.507 e. The van der Waals surface area contributed by atoms with Gasteiger partial charge < -0.3 is 40.1 Å². The Hall–Kier alpha value is -4.54. The second kappa shape index (κ2) is 8.98. The number of fused-ring (bicyclic) bond motifs is 4. The molecular formula is C32H30O10. The summed E-state index contributed by atoms with van der Waals surface area (Å²) in [7, 11) is 2.77. The van der Waals surface area contributed by atoms with Crippen molar-refractivity contribution in [2.24, 2.45) is 0 Å². The van der Waals surface area contributed by atoms with Crippen molar-refractivity contribution < 1.29 is 49.7 Å². The lowest BCUT2D eigenvalue weighted by Crippen LogP contribution is -2.36. The van der Waals surface area contributed by atoms with Crippen LogP contribution in [0.5, 0.6) is 34.5 Å². The third-order valence-corrected chi connectivity index (χ3v) is 8.33. The Kier molecular flexibility index (Phi) is 5.90. The molecule has 2 atom stereocenters. The van der Waals surface area contributed by atoms with E-state index in [2.05, 4.69) is 0 Å². The van der Waals surface area contributed by atoms with Crippen molar-refractivity contribution in [2.75, 3.05) is 14.2 Å². The topological polar surface area (TPSA) is 174 Å². The standard InChI is InChI=1S/C32H30O10/c1-31(39)9-13-5-15-25(29(37)23(13)20(35)11-31)19(34)8-22(42-4)28(15)24-16-6-14(41-3)7-18(33)26(16)30(38)27-17(24)10-32(2,40)12-21(27)36/h5-8,33-34,37-40H,9-12H2,1-4H3. The van der Waals surface area contributed by atoms with Crippen LogP contribution in [0.15, 0.2) is 24.3 Å². The van der Waals surface area contributed by atoms with E-state index >= 15 is 0 Å². The van der Waals surface area contributed by atoms with Crippen molar-refractivity contribution in [1.82, 2.24) is 0 Å². The number of carbonyl (C=O) groups excluding carboxylic acids is 2. The lowest BCUT2D eigenvalue weighted by molar-refractivity contribution is 0.0396. The van der Waals surface area contributed by atoms with Crippen LogP contribution in [0.4, 0.5) is 0 Å². The van der Waals surface area contributed by atoms with Crippen molar-refractivity contribution in [1.29, 1.82) is 0 Å². The first-order chi connectivity index (χ1) is 19.7. The summed E-state index contributed by atoms with van der Waals surface area (Å²) in [6, 6.07) is 5.70. The van der Waals surface area contributed by atoms with Crippen LogP contribution < -0.4 is 9.47 Å². The zero-order chi connectivity index (χ0) is 30.5. The summed E-state index contributed by atoms with van der Waals surface area (Å²) >= 11 is 0. The SMILES string of the molecule is COc1cc(O)c2c(O)c3c(c(-c4c(OC)cc(O)c5c(O)c6c(cc45)CC(C)(O)CC6=O)c2c1)CC(C)(O)CC3=O. The zero-order valence-electron chi connectivity index (χ0n) is 23.5. The molecule has 2 unspecified atom stereocenters. The number of aliphatic hydroxyl groups is 2. The molecule has 218 valence electrons. The summed E-state index contributed by atoms with van der Waals surface area (Å²) in [5, 5.41) is 67.1. The van der Waals surface area contributed by atoms with Gasteiger partial charge in [0.2, 0.25) is 0 Å². The maximum absolute atomic E-state index is 13.4. The van der Waals surface area contributed by atoms with E-state index in [1.54, 1.807) is 12.1 Å². The third kappa shape index (κ3) is 3.93. The molecule has 0 heterocycles. The van der Waals surface area contributed by atoms with Gasteiger partial charge in [0.25, 0.3) is 0 Å². The minimum absolute atomic E-state index is 0.00420. The molecule has 4 aromatic carbocycles. The van der Waals surface area contributed by atoms with E-state index in [9.17, 15) is 40.2 Å². The molecule has 2 aliphatic carbocycles. The van der Waals surface area contributed by atoms with E-state index in [1.165, 1.54) is 40.2 Å². The number of hydrogen-bond acceptors (Lipinski definition) is 10. The van der Waals surface area contributed by atoms with Gasteiger partial charge in [0.05, 0.1) is 47.3 Å². The van der Waals surface area contributed by atoms with Crippen LogP contribution in [0.25, 0.3) is 32.7 Å². The second-order valence-corrected chi connectivity index (χ2v) is 11.8. The highest BCUT2D eigenvalue weighted by atomic mass is 16.5. The van der Waals surface area contributed by atoms with Gasteiger partial charge in [-0.1, -0.05) is 0 Å². The van der Waals surface area contributed by atoms with E-state index in [4.69, 9.17) is 9.47 Å². The van der Waals surface area contributed by atoms with E-state index in [1.807, 2.05) is 0 Å². The Morgan fingerprint density at radius 1 is 0.643 bits per heavy atom. The zero-order valence-corrected chi connectivity index (χ0v) is 23.5. The van der Waals surface area contributed by atoms with Crippen LogP contribution in [0.1, 0.15) is 58.5 Å². The number of ether oxygens (including phenoxy) is 2. The summed E-state index contributed by atoms with van der Waals surface area (Å²) in [6.07, 6.45) is -0.519. The minimum atomic E-state index is -1.48. The quantitative estimate of drug-likeness (QED) is 0.207. The van der Waals surface area contributed by atoms with Crippen LogP contribution in [0.2, 0.25) is 0 Å². The number of rotatable bonds is 3. The molecule has 0 aliphatic heterocycles. The van der Waals surface area contributed by atoms with Crippen molar-refractivity contribution in [2.45, 2.75) is 50.7 Å². The predicted molar refractivity (Wildman–Crippen MR) is 153 cm³/mol. The number of phenols is 4. The van der Waals surface area contributed by atoms with Crippen molar-refractivity contribution in [3.05, 3.63) is 46.5 Å². The number of ketones is 2. The molecule has 0 amide bonds. The number of hydrogen-bond donors (Lipinski definition) is 6. The van der Waals surface area contributed by atoms with Gasteiger partial charge in [-0.2, -0.15) is 0 Å². The number of methoxy groups -OCH3 is 2. The number of phenolic OH excluding ortho intramolecular Hbond substituents is 4. The molecule has 0 saturated heterocycles.